The SMILES string of the molecule is COc1ccc(C(N)CCN2CCOCC2)cc1. The monoisotopic (exact) mass is 250 g/mol. The van der Waals surface area contributed by atoms with Crippen molar-refractivity contribution in [3.63, 3.8) is 0 Å². The molecule has 1 aromatic carbocycles. The Bertz CT molecular complexity index is 347. The zero-order valence-corrected chi connectivity index (χ0v) is 11.0. The fourth-order valence-electron chi connectivity index (χ4n) is 2.16. The average molecular weight is 250 g/mol. The van der Waals surface area contributed by atoms with Crippen molar-refractivity contribution in [2.45, 2.75) is 12.5 Å². The highest BCUT2D eigenvalue weighted by Crippen LogP contribution is 2.18. The Labute approximate surface area is 109 Å². The Morgan fingerprint density at radius 2 is 1.94 bits per heavy atom. The lowest BCUT2D eigenvalue weighted by atomic mass is 10.0. The zero-order valence-electron chi connectivity index (χ0n) is 11.0. The maximum absolute atomic E-state index is 6.20. The largest absolute Gasteiger partial charge is 0.497 e. The van der Waals surface area contributed by atoms with Gasteiger partial charge in [0.05, 0.1) is 20.3 Å². The Morgan fingerprint density at radius 1 is 1.28 bits per heavy atom. The van der Waals surface area contributed by atoms with Crippen molar-refractivity contribution in [2.24, 2.45) is 5.73 Å². The van der Waals surface area contributed by atoms with Crippen LogP contribution in [-0.2, 0) is 4.74 Å². The molecule has 100 valence electrons. The predicted octanol–water partition coefficient (Wildman–Crippen LogP) is 1.42. The van der Waals surface area contributed by atoms with E-state index in [4.69, 9.17) is 15.2 Å². The summed E-state index contributed by atoms with van der Waals surface area (Å²) < 4.78 is 10.5. The van der Waals surface area contributed by atoms with Gasteiger partial charge in [-0.25, -0.2) is 0 Å². The summed E-state index contributed by atoms with van der Waals surface area (Å²) in [5.41, 5.74) is 7.38. The first-order chi connectivity index (χ1) is 8.79. The topological polar surface area (TPSA) is 47.7 Å². The maximum Gasteiger partial charge on any atom is 0.118 e. The summed E-state index contributed by atoms with van der Waals surface area (Å²) in [5.74, 6) is 0.874. The van der Waals surface area contributed by atoms with E-state index in [1.54, 1.807) is 7.11 Å². The molecule has 2 rings (SSSR count). The van der Waals surface area contributed by atoms with Gasteiger partial charge in [-0.2, -0.15) is 0 Å². The molecule has 1 fully saturated rings. The molecule has 1 aromatic rings. The first-order valence-corrected chi connectivity index (χ1v) is 6.49. The number of morpholine rings is 1. The van der Waals surface area contributed by atoms with E-state index in [9.17, 15) is 0 Å². The summed E-state index contributed by atoms with van der Waals surface area (Å²) in [6.07, 6.45) is 0.979. The Kier molecular flexibility index (Phi) is 4.99. The number of benzene rings is 1. The smallest absolute Gasteiger partial charge is 0.118 e. The Balaban J connectivity index is 1.80. The molecule has 0 radical (unpaired) electrons. The van der Waals surface area contributed by atoms with Crippen molar-refractivity contribution < 1.29 is 9.47 Å². The third kappa shape index (κ3) is 3.70. The molecule has 0 spiro atoms. The summed E-state index contributed by atoms with van der Waals surface area (Å²) in [7, 11) is 1.67. The highest BCUT2D eigenvalue weighted by molar-refractivity contribution is 5.28. The molecule has 0 bridgehead atoms. The molecule has 0 aromatic heterocycles. The van der Waals surface area contributed by atoms with Crippen LogP contribution in [-0.4, -0.2) is 44.9 Å². The highest BCUT2D eigenvalue weighted by Gasteiger charge is 2.12. The molecule has 0 aliphatic carbocycles. The van der Waals surface area contributed by atoms with E-state index in [-0.39, 0.29) is 6.04 Å². The Morgan fingerprint density at radius 3 is 2.56 bits per heavy atom. The van der Waals surface area contributed by atoms with Gasteiger partial charge in [-0.1, -0.05) is 12.1 Å². The second kappa shape index (κ2) is 6.73. The van der Waals surface area contributed by atoms with Crippen LogP contribution in [0.1, 0.15) is 18.0 Å². The number of nitrogens with two attached hydrogens (primary N) is 1. The minimum atomic E-state index is 0.0961. The van der Waals surface area contributed by atoms with E-state index in [2.05, 4.69) is 4.90 Å². The number of methoxy groups -OCH3 is 1. The van der Waals surface area contributed by atoms with Gasteiger partial charge < -0.3 is 15.2 Å². The van der Waals surface area contributed by atoms with Gasteiger partial charge in [0.2, 0.25) is 0 Å². The predicted molar refractivity (Wildman–Crippen MR) is 71.8 cm³/mol. The molecule has 0 amide bonds. The van der Waals surface area contributed by atoms with Crippen molar-refractivity contribution in [3.05, 3.63) is 29.8 Å². The van der Waals surface area contributed by atoms with Crippen molar-refractivity contribution in [2.75, 3.05) is 40.0 Å². The zero-order chi connectivity index (χ0) is 12.8. The maximum atomic E-state index is 6.20. The van der Waals surface area contributed by atoms with Crippen LogP contribution in [0.15, 0.2) is 24.3 Å². The standard InChI is InChI=1S/C14H22N2O2/c1-17-13-4-2-12(3-5-13)14(15)6-7-16-8-10-18-11-9-16/h2-5,14H,6-11,15H2,1H3. The second-order valence-corrected chi connectivity index (χ2v) is 4.62. The van der Waals surface area contributed by atoms with Crippen LogP contribution in [0.2, 0.25) is 0 Å². The van der Waals surface area contributed by atoms with Crippen LogP contribution in [0.5, 0.6) is 5.75 Å². The summed E-state index contributed by atoms with van der Waals surface area (Å²) in [4.78, 5) is 2.41. The first kappa shape index (κ1) is 13.3. The lowest BCUT2D eigenvalue weighted by Crippen LogP contribution is -2.37. The number of ether oxygens (including phenoxy) is 2. The van der Waals surface area contributed by atoms with Gasteiger partial charge in [-0.3, -0.25) is 4.90 Å². The molecular formula is C14H22N2O2. The highest BCUT2D eigenvalue weighted by atomic mass is 16.5. The average Bonchev–Trinajstić information content (AvgIpc) is 2.46. The van der Waals surface area contributed by atoms with Gasteiger partial charge in [-0.05, 0) is 24.1 Å². The summed E-state index contributed by atoms with van der Waals surface area (Å²) >= 11 is 0. The van der Waals surface area contributed by atoms with Crippen LogP contribution in [0.3, 0.4) is 0 Å². The van der Waals surface area contributed by atoms with E-state index in [0.29, 0.717) is 0 Å². The number of rotatable bonds is 5. The van der Waals surface area contributed by atoms with Crippen molar-refractivity contribution in [1.82, 2.24) is 4.90 Å². The van der Waals surface area contributed by atoms with Gasteiger partial charge in [0.25, 0.3) is 0 Å². The minimum Gasteiger partial charge on any atom is -0.497 e. The quantitative estimate of drug-likeness (QED) is 0.858. The molecule has 4 heteroatoms. The van der Waals surface area contributed by atoms with Crippen LogP contribution < -0.4 is 10.5 Å². The fourth-order valence-corrected chi connectivity index (χ4v) is 2.16. The second-order valence-electron chi connectivity index (χ2n) is 4.62. The van der Waals surface area contributed by atoms with E-state index in [0.717, 1.165) is 45.0 Å². The van der Waals surface area contributed by atoms with E-state index < -0.39 is 0 Å². The third-order valence-corrected chi connectivity index (χ3v) is 3.40. The number of hydrogen-bond acceptors (Lipinski definition) is 4. The lowest BCUT2D eigenvalue weighted by molar-refractivity contribution is 0.0366. The van der Waals surface area contributed by atoms with Gasteiger partial charge >= 0.3 is 0 Å². The fraction of sp³-hybridized carbons (Fsp3) is 0.571. The minimum absolute atomic E-state index is 0.0961. The molecule has 1 heterocycles. The summed E-state index contributed by atoms with van der Waals surface area (Å²) in [6.45, 7) is 4.77. The van der Waals surface area contributed by atoms with Gasteiger partial charge in [-0.15, -0.1) is 0 Å². The van der Waals surface area contributed by atoms with Gasteiger partial charge in [0, 0.05) is 25.7 Å². The molecule has 1 saturated heterocycles. The molecule has 2 N–H and O–H groups in total. The third-order valence-electron chi connectivity index (χ3n) is 3.40. The Hall–Kier alpha value is -1.10. The van der Waals surface area contributed by atoms with Crippen LogP contribution >= 0.6 is 0 Å². The number of nitrogens with zero attached hydrogens (tertiary/aromatic N) is 1. The molecule has 18 heavy (non-hydrogen) atoms. The molecule has 1 atom stereocenters. The molecule has 4 nitrogen and oxygen atoms in total. The van der Waals surface area contributed by atoms with Crippen LogP contribution in [0.25, 0.3) is 0 Å². The first-order valence-electron chi connectivity index (χ1n) is 6.49. The van der Waals surface area contributed by atoms with Crippen LogP contribution in [0.4, 0.5) is 0 Å². The molecule has 0 saturated carbocycles. The normalized spacial score (nSPS) is 18.6. The number of hydrogen-bond donors (Lipinski definition) is 1. The van der Waals surface area contributed by atoms with Crippen molar-refractivity contribution in [1.29, 1.82) is 0 Å². The molecular weight excluding hydrogens is 228 g/mol. The molecule has 1 aliphatic rings. The van der Waals surface area contributed by atoms with Crippen molar-refractivity contribution >= 4 is 0 Å². The van der Waals surface area contributed by atoms with E-state index in [1.807, 2.05) is 24.3 Å². The van der Waals surface area contributed by atoms with Crippen LogP contribution in [0, 0.1) is 0 Å². The molecule has 1 unspecified atom stereocenters. The van der Waals surface area contributed by atoms with Gasteiger partial charge in [0.15, 0.2) is 0 Å². The van der Waals surface area contributed by atoms with E-state index in [1.165, 1.54) is 5.56 Å². The van der Waals surface area contributed by atoms with Gasteiger partial charge in [0.1, 0.15) is 5.75 Å². The summed E-state index contributed by atoms with van der Waals surface area (Å²) in [5, 5.41) is 0. The van der Waals surface area contributed by atoms with Crippen molar-refractivity contribution in [3.8, 4) is 5.75 Å². The molecule has 1 aliphatic heterocycles. The van der Waals surface area contributed by atoms with E-state index >= 15 is 0 Å². The lowest BCUT2D eigenvalue weighted by Gasteiger charge is -2.27. The summed E-state index contributed by atoms with van der Waals surface area (Å²) in [6, 6.07) is 8.11.